The maximum atomic E-state index is 8.79. The number of rotatable bonds is 1. The van der Waals surface area contributed by atoms with Gasteiger partial charge in [0.1, 0.15) is 0 Å². The first-order valence-corrected chi connectivity index (χ1v) is 5.05. The summed E-state index contributed by atoms with van der Waals surface area (Å²) in [6, 6.07) is 11.1. The molecule has 2 nitrogen and oxygen atoms in total. The first kappa shape index (κ1) is 9.23. The first-order chi connectivity index (χ1) is 6.79. The molecular formula is C12H14N2. The molecule has 0 saturated carbocycles. The Morgan fingerprint density at radius 1 is 1.43 bits per heavy atom. The van der Waals surface area contributed by atoms with Crippen LogP contribution < -0.4 is 5.32 Å². The Balaban J connectivity index is 2.20. The van der Waals surface area contributed by atoms with Crippen molar-refractivity contribution in [2.24, 2.45) is 0 Å². The highest BCUT2D eigenvalue weighted by Gasteiger charge is 2.21. The molecule has 1 aromatic carbocycles. The molecule has 0 aliphatic carbocycles. The number of nitrogens with one attached hydrogen (secondary N) is 1. The van der Waals surface area contributed by atoms with Crippen molar-refractivity contribution < 1.29 is 0 Å². The highest BCUT2D eigenvalue weighted by atomic mass is 15.0. The topological polar surface area (TPSA) is 35.8 Å². The molecule has 72 valence electrons. The van der Waals surface area contributed by atoms with Gasteiger partial charge in [-0.25, -0.2) is 0 Å². The van der Waals surface area contributed by atoms with E-state index in [1.807, 2.05) is 18.2 Å². The number of benzene rings is 1. The van der Waals surface area contributed by atoms with Crippen LogP contribution in [0.25, 0.3) is 0 Å². The molecule has 2 atom stereocenters. The van der Waals surface area contributed by atoms with E-state index in [9.17, 15) is 0 Å². The molecule has 1 saturated heterocycles. The summed E-state index contributed by atoms with van der Waals surface area (Å²) in [6.07, 6.45) is 2.40. The quantitative estimate of drug-likeness (QED) is 0.730. The van der Waals surface area contributed by atoms with Crippen LogP contribution in [0.15, 0.2) is 24.3 Å². The molecule has 1 aromatic rings. The van der Waals surface area contributed by atoms with E-state index in [1.54, 1.807) is 0 Å². The minimum Gasteiger partial charge on any atom is -0.307 e. The van der Waals surface area contributed by atoms with E-state index in [-0.39, 0.29) is 0 Å². The lowest BCUT2D eigenvalue weighted by atomic mass is 10.0. The Morgan fingerprint density at radius 3 is 2.93 bits per heavy atom. The zero-order chi connectivity index (χ0) is 9.97. The van der Waals surface area contributed by atoms with E-state index < -0.39 is 0 Å². The predicted octanol–water partition coefficient (Wildman–Crippen LogP) is 2.37. The summed E-state index contributed by atoms with van der Waals surface area (Å²) in [5, 5.41) is 12.3. The number of hydrogen-bond acceptors (Lipinski definition) is 2. The summed E-state index contributed by atoms with van der Waals surface area (Å²) in [7, 11) is 0. The van der Waals surface area contributed by atoms with Crippen LogP contribution in [-0.2, 0) is 0 Å². The van der Waals surface area contributed by atoms with Gasteiger partial charge in [0.25, 0.3) is 0 Å². The number of nitriles is 1. The van der Waals surface area contributed by atoms with Crippen LogP contribution in [0.1, 0.15) is 36.9 Å². The summed E-state index contributed by atoms with van der Waals surface area (Å²) in [4.78, 5) is 0. The largest absolute Gasteiger partial charge is 0.307 e. The molecule has 0 unspecified atom stereocenters. The minimum atomic E-state index is 0.443. The van der Waals surface area contributed by atoms with Crippen molar-refractivity contribution >= 4 is 0 Å². The number of hydrogen-bond donors (Lipinski definition) is 1. The monoisotopic (exact) mass is 186 g/mol. The van der Waals surface area contributed by atoms with Gasteiger partial charge in [0.2, 0.25) is 0 Å². The zero-order valence-electron chi connectivity index (χ0n) is 8.33. The third kappa shape index (κ3) is 1.78. The highest BCUT2D eigenvalue weighted by molar-refractivity contribution is 5.34. The van der Waals surface area contributed by atoms with Crippen LogP contribution in [0.4, 0.5) is 0 Å². The Hall–Kier alpha value is -1.33. The summed E-state index contributed by atoms with van der Waals surface area (Å²) >= 11 is 0. The lowest BCUT2D eigenvalue weighted by Crippen LogP contribution is -2.20. The van der Waals surface area contributed by atoms with Crippen molar-refractivity contribution in [2.75, 3.05) is 0 Å². The maximum absolute atomic E-state index is 8.79. The van der Waals surface area contributed by atoms with Crippen LogP contribution in [-0.4, -0.2) is 6.04 Å². The smallest absolute Gasteiger partial charge is 0.0991 e. The van der Waals surface area contributed by atoms with Crippen molar-refractivity contribution in [1.82, 2.24) is 5.32 Å². The van der Waals surface area contributed by atoms with Crippen LogP contribution >= 0.6 is 0 Å². The summed E-state index contributed by atoms with van der Waals surface area (Å²) in [5.74, 6) is 0. The SMILES string of the molecule is C[C@H]1CC[C@H](c2cccc(C#N)c2)N1. The Bertz CT molecular complexity index is 365. The molecule has 1 heterocycles. The molecule has 1 N–H and O–H groups in total. The summed E-state index contributed by atoms with van der Waals surface area (Å²) < 4.78 is 0. The molecular weight excluding hydrogens is 172 g/mol. The van der Waals surface area contributed by atoms with Crippen molar-refractivity contribution in [3.8, 4) is 6.07 Å². The molecule has 0 spiro atoms. The van der Waals surface area contributed by atoms with Gasteiger partial charge in [-0.3, -0.25) is 0 Å². The van der Waals surface area contributed by atoms with Gasteiger partial charge in [-0.15, -0.1) is 0 Å². The van der Waals surface area contributed by atoms with Crippen LogP contribution in [0.2, 0.25) is 0 Å². The second-order valence-corrected chi connectivity index (χ2v) is 3.93. The molecule has 0 aromatic heterocycles. The van der Waals surface area contributed by atoms with Crippen LogP contribution in [0, 0.1) is 11.3 Å². The molecule has 0 bridgehead atoms. The van der Waals surface area contributed by atoms with Gasteiger partial charge in [-0.1, -0.05) is 12.1 Å². The van der Waals surface area contributed by atoms with Gasteiger partial charge in [-0.05, 0) is 37.5 Å². The second kappa shape index (κ2) is 3.81. The van der Waals surface area contributed by atoms with E-state index in [1.165, 1.54) is 18.4 Å². The average molecular weight is 186 g/mol. The van der Waals surface area contributed by atoms with E-state index in [2.05, 4.69) is 24.4 Å². The van der Waals surface area contributed by atoms with E-state index in [0.717, 1.165) is 5.56 Å². The first-order valence-electron chi connectivity index (χ1n) is 5.05. The fraction of sp³-hybridized carbons (Fsp3) is 0.417. The third-order valence-corrected chi connectivity index (χ3v) is 2.79. The molecule has 2 heteroatoms. The fourth-order valence-electron chi connectivity index (χ4n) is 2.01. The Morgan fingerprint density at radius 2 is 2.29 bits per heavy atom. The lowest BCUT2D eigenvalue weighted by molar-refractivity contribution is 0.585. The lowest BCUT2D eigenvalue weighted by Gasteiger charge is -2.11. The van der Waals surface area contributed by atoms with Crippen LogP contribution in [0.3, 0.4) is 0 Å². The predicted molar refractivity (Wildman–Crippen MR) is 55.7 cm³/mol. The van der Waals surface area contributed by atoms with Gasteiger partial charge in [-0.2, -0.15) is 5.26 Å². The summed E-state index contributed by atoms with van der Waals surface area (Å²) in [5.41, 5.74) is 2.00. The van der Waals surface area contributed by atoms with Gasteiger partial charge < -0.3 is 5.32 Å². The summed E-state index contributed by atoms with van der Waals surface area (Å²) in [6.45, 7) is 2.20. The van der Waals surface area contributed by atoms with E-state index >= 15 is 0 Å². The molecule has 1 aliphatic rings. The van der Waals surface area contributed by atoms with Crippen LogP contribution in [0.5, 0.6) is 0 Å². The van der Waals surface area contributed by atoms with Gasteiger partial charge in [0.05, 0.1) is 11.6 Å². The second-order valence-electron chi connectivity index (χ2n) is 3.93. The normalized spacial score (nSPS) is 26.0. The van der Waals surface area contributed by atoms with Crippen molar-refractivity contribution in [2.45, 2.75) is 31.8 Å². The zero-order valence-corrected chi connectivity index (χ0v) is 8.33. The average Bonchev–Trinajstić information content (AvgIpc) is 2.65. The standard InChI is InChI=1S/C12H14N2/c1-9-5-6-12(14-9)11-4-2-3-10(7-11)8-13/h2-4,7,9,12,14H,5-6H2,1H3/t9-,12+/m0/s1. The molecule has 14 heavy (non-hydrogen) atoms. The Labute approximate surface area is 84.6 Å². The van der Waals surface area contributed by atoms with Gasteiger partial charge >= 0.3 is 0 Å². The molecule has 0 radical (unpaired) electrons. The van der Waals surface area contributed by atoms with Gasteiger partial charge in [0, 0.05) is 12.1 Å². The molecule has 1 fully saturated rings. The third-order valence-electron chi connectivity index (χ3n) is 2.79. The van der Waals surface area contributed by atoms with Crippen molar-refractivity contribution in [3.63, 3.8) is 0 Å². The highest BCUT2D eigenvalue weighted by Crippen LogP contribution is 2.26. The number of nitrogens with zero attached hydrogens (tertiary/aromatic N) is 1. The van der Waals surface area contributed by atoms with Crippen molar-refractivity contribution in [3.05, 3.63) is 35.4 Å². The maximum Gasteiger partial charge on any atom is 0.0991 e. The minimum absolute atomic E-state index is 0.443. The van der Waals surface area contributed by atoms with E-state index in [4.69, 9.17) is 5.26 Å². The Kier molecular flexibility index (Phi) is 2.51. The van der Waals surface area contributed by atoms with E-state index in [0.29, 0.717) is 12.1 Å². The fourth-order valence-corrected chi connectivity index (χ4v) is 2.01. The van der Waals surface area contributed by atoms with Crippen molar-refractivity contribution in [1.29, 1.82) is 5.26 Å². The van der Waals surface area contributed by atoms with Gasteiger partial charge in [0.15, 0.2) is 0 Å². The molecule has 2 rings (SSSR count). The molecule has 0 amide bonds. The molecule has 1 aliphatic heterocycles.